The molecular weight excluding hydrogens is 286 g/mol. The van der Waals surface area contributed by atoms with Crippen molar-refractivity contribution in [3.05, 3.63) is 10.5 Å². The molecule has 1 N–H and O–H groups in total. The van der Waals surface area contributed by atoms with Crippen LogP contribution < -0.4 is 5.32 Å². The second kappa shape index (κ2) is 7.30. The predicted octanol–water partition coefficient (Wildman–Crippen LogP) is -0.289. The SMILES string of the molecule is CN[C@H]1C(C(=O)OC)=C(C(=O)OC)SC[C@H]1C(=O)OC. The smallest absolute Gasteiger partial charge is 0.344 e. The van der Waals surface area contributed by atoms with Crippen LogP contribution in [0.1, 0.15) is 0 Å². The first-order valence-electron chi connectivity index (χ1n) is 5.80. The zero-order chi connectivity index (χ0) is 15.3. The Morgan fingerprint density at radius 2 is 1.70 bits per heavy atom. The molecule has 0 aliphatic carbocycles. The normalized spacial score (nSPS) is 22.2. The Hall–Kier alpha value is -1.54. The van der Waals surface area contributed by atoms with Crippen molar-refractivity contribution in [2.24, 2.45) is 5.92 Å². The fraction of sp³-hybridized carbons (Fsp3) is 0.583. The first-order chi connectivity index (χ1) is 9.51. The molecule has 0 aromatic rings. The molecule has 2 atom stereocenters. The number of esters is 3. The minimum Gasteiger partial charge on any atom is -0.469 e. The Morgan fingerprint density at radius 1 is 1.10 bits per heavy atom. The summed E-state index contributed by atoms with van der Waals surface area (Å²) in [4.78, 5) is 35.6. The lowest BCUT2D eigenvalue weighted by Crippen LogP contribution is -2.46. The molecule has 1 rings (SSSR count). The number of ether oxygens (including phenoxy) is 3. The molecule has 1 heterocycles. The van der Waals surface area contributed by atoms with Crippen molar-refractivity contribution in [2.45, 2.75) is 6.04 Å². The van der Waals surface area contributed by atoms with Gasteiger partial charge >= 0.3 is 17.9 Å². The van der Waals surface area contributed by atoms with E-state index in [1.165, 1.54) is 21.3 Å². The van der Waals surface area contributed by atoms with E-state index in [0.717, 1.165) is 11.8 Å². The van der Waals surface area contributed by atoms with Gasteiger partial charge in [-0.05, 0) is 7.05 Å². The van der Waals surface area contributed by atoms with E-state index >= 15 is 0 Å². The Morgan fingerprint density at radius 3 is 2.15 bits per heavy atom. The van der Waals surface area contributed by atoms with Crippen molar-refractivity contribution in [3.63, 3.8) is 0 Å². The van der Waals surface area contributed by atoms with Gasteiger partial charge in [0.25, 0.3) is 0 Å². The fourth-order valence-electron chi connectivity index (χ4n) is 1.98. The van der Waals surface area contributed by atoms with Crippen molar-refractivity contribution < 1.29 is 28.6 Å². The molecule has 0 radical (unpaired) electrons. The second-order valence-electron chi connectivity index (χ2n) is 3.93. The van der Waals surface area contributed by atoms with Gasteiger partial charge in [-0.2, -0.15) is 0 Å². The average molecular weight is 303 g/mol. The Labute approximate surface area is 121 Å². The zero-order valence-corrected chi connectivity index (χ0v) is 12.5. The lowest BCUT2D eigenvalue weighted by Gasteiger charge is -2.31. The highest BCUT2D eigenvalue weighted by molar-refractivity contribution is 8.04. The molecule has 0 bridgehead atoms. The first-order valence-corrected chi connectivity index (χ1v) is 6.79. The van der Waals surface area contributed by atoms with Crippen molar-refractivity contribution >= 4 is 29.7 Å². The van der Waals surface area contributed by atoms with E-state index in [-0.39, 0.29) is 10.5 Å². The topological polar surface area (TPSA) is 90.9 Å². The maximum atomic E-state index is 11.9. The highest BCUT2D eigenvalue weighted by atomic mass is 32.2. The largest absolute Gasteiger partial charge is 0.469 e. The van der Waals surface area contributed by atoms with Gasteiger partial charge in [0.15, 0.2) is 0 Å². The number of carbonyl (C=O) groups excluding carboxylic acids is 3. The van der Waals surface area contributed by atoms with Crippen LogP contribution >= 0.6 is 11.8 Å². The van der Waals surface area contributed by atoms with Gasteiger partial charge < -0.3 is 19.5 Å². The summed E-state index contributed by atoms with van der Waals surface area (Å²) < 4.78 is 14.1. The van der Waals surface area contributed by atoms with Crippen LogP contribution in [0.25, 0.3) is 0 Å². The van der Waals surface area contributed by atoms with Crippen LogP contribution in [0.3, 0.4) is 0 Å². The molecule has 0 saturated heterocycles. The van der Waals surface area contributed by atoms with E-state index in [4.69, 9.17) is 9.47 Å². The molecule has 0 aromatic heterocycles. The summed E-state index contributed by atoms with van der Waals surface area (Å²) >= 11 is 1.08. The van der Waals surface area contributed by atoms with Crippen LogP contribution in [0, 0.1) is 5.92 Å². The highest BCUT2D eigenvalue weighted by Gasteiger charge is 2.42. The Kier molecular flexibility index (Phi) is 6.03. The summed E-state index contributed by atoms with van der Waals surface area (Å²) in [5, 5.41) is 2.86. The van der Waals surface area contributed by atoms with Crippen LogP contribution in [-0.2, 0) is 28.6 Å². The lowest BCUT2D eigenvalue weighted by atomic mass is 9.93. The van der Waals surface area contributed by atoms with E-state index in [0.29, 0.717) is 5.75 Å². The molecule has 0 aromatic carbocycles. The Bertz CT molecular complexity index is 447. The molecule has 20 heavy (non-hydrogen) atoms. The maximum absolute atomic E-state index is 11.9. The van der Waals surface area contributed by atoms with Gasteiger partial charge in [0, 0.05) is 5.75 Å². The van der Waals surface area contributed by atoms with Gasteiger partial charge in [0.05, 0.1) is 38.9 Å². The van der Waals surface area contributed by atoms with Crippen LogP contribution in [0.4, 0.5) is 0 Å². The van der Waals surface area contributed by atoms with Gasteiger partial charge in [-0.25, -0.2) is 9.59 Å². The molecule has 1 aliphatic heterocycles. The molecule has 1 aliphatic rings. The van der Waals surface area contributed by atoms with E-state index in [1.54, 1.807) is 7.05 Å². The summed E-state index contributed by atoms with van der Waals surface area (Å²) in [5.41, 5.74) is 0.0912. The van der Waals surface area contributed by atoms with Gasteiger partial charge in [-0.1, -0.05) is 0 Å². The van der Waals surface area contributed by atoms with Crippen LogP contribution in [-0.4, -0.2) is 58.1 Å². The third-order valence-electron chi connectivity index (χ3n) is 2.96. The quantitative estimate of drug-likeness (QED) is 0.560. The fourth-order valence-corrected chi connectivity index (χ4v) is 3.22. The summed E-state index contributed by atoms with van der Waals surface area (Å²) in [6.07, 6.45) is 0. The number of rotatable bonds is 4. The van der Waals surface area contributed by atoms with E-state index in [9.17, 15) is 14.4 Å². The minimum atomic E-state index is -0.675. The second-order valence-corrected chi connectivity index (χ2v) is 4.96. The summed E-state index contributed by atoms with van der Waals surface area (Å²) in [6.45, 7) is 0. The number of nitrogens with one attached hydrogen (secondary N) is 1. The Balaban J connectivity index is 3.29. The summed E-state index contributed by atoms with van der Waals surface area (Å²) in [5.74, 6) is -2.03. The number of hydrogen-bond donors (Lipinski definition) is 1. The van der Waals surface area contributed by atoms with Gasteiger partial charge in [-0.3, -0.25) is 4.79 Å². The van der Waals surface area contributed by atoms with Crippen LogP contribution in [0.2, 0.25) is 0 Å². The van der Waals surface area contributed by atoms with E-state index < -0.39 is 29.9 Å². The van der Waals surface area contributed by atoms with Gasteiger partial charge in [0.2, 0.25) is 0 Å². The molecule has 0 amide bonds. The van der Waals surface area contributed by atoms with Crippen molar-refractivity contribution in [1.29, 1.82) is 0 Å². The lowest BCUT2D eigenvalue weighted by molar-refractivity contribution is -0.146. The number of hydrogen-bond acceptors (Lipinski definition) is 8. The molecule has 0 saturated carbocycles. The molecule has 0 fully saturated rings. The standard InChI is InChI=1S/C12H17NO6S/c1-13-8-6(10(14)17-2)5-20-9(12(16)19-4)7(8)11(15)18-3/h6,8,13H,5H2,1-4H3/t6-,8-/m1/s1. The van der Waals surface area contributed by atoms with Crippen molar-refractivity contribution in [1.82, 2.24) is 5.32 Å². The predicted molar refractivity (Wildman–Crippen MR) is 71.9 cm³/mol. The summed E-state index contributed by atoms with van der Waals surface area (Å²) in [6, 6.07) is -0.662. The number of methoxy groups -OCH3 is 3. The van der Waals surface area contributed by atoms with E-state index in [2.05, 4.69) is 10.1 Å². The third-order valence-corrected chi connectivity index (χ3v) is 4.16. The highest BCUT2D eigenvalue weighted by Crippen LogP contribution is 2.35. The third kappa shape index (κ3) is 3.13. The van der Waals surface area contributed by atoms with Gasteiger partial charge in [-0.15, -0.1) is 11.8 Å². The first kappa shape index (κ1) is 16.5. The number of likely N-dealkylation sites (N-methyl/N-ethyl adjacent to an activating group) is 1. The monoisotopic (exact) mass is 303 g/mol. The van der Waals surface area contributed by atoms with Crippen molar-refractivity contribution in [3.8, 4) is 0 Å². The molecule has 7 nitrogen and oxygen atoms in total. The summed E-state index contributed by atoms with van der Waals surface area (Å²) in [7, 11) is 5.31. The number of thioether (sulfide) groups is 1. The zero-order valence-electron chi connectivity index (χ0n) is 11.7. The molecule has 112 valence electrons. The molecular formula is C12H17NO6S. The molecule has 0 unspecified atom stereocenters. The van der Waals surface area contributed by atoms with Crippen LogP contribution in [0.15, 0.2) is 10.5 Å². The van der Waals surface area contributed by atoms with Gasteiger partial charge in [0.1, 0.15) is 4.91 Å². The minimum absolute atomic E-state index is 0.0912. The molecule has 8 heteroatoms. The maximum Gasteiger partial charge on any atom is 0.344 e. The van der Waals surface area contributed by atoms with Crippen LogP contribution in [0.5, 0.6) is 0 Å². The van der Waals surface area contributed by atoms with Crippen molar-refractivity contribution in [2.75, 3.05) is 34.1 Å². The average Bonchev–Trinajstić information content (AvgIpc) is 2.50. The molecule has 0 spiro atoms. The van der Waals surface area contributed by atoms with E-state index in [1.807, 2.05) is 0 Å². The number of carbonyl (C=O) groups is 3.